The van der Waals surface area contributed by atoms with Crippen LogP contribution in [0.25, 0.3) is 0 Å². The highest BCUT2D eigenvalue weighted by molar-refractivity contribution is 5.66. The average molecular weight is 280 g/mol. The molecule has 20 heavy (non-hydrogen) atoms. The third kappa shape index (κ3) is 2.65. The van der Waals surface area contributed by atoms with Gasteiger partial charge in [-0.15, -0.1) is 0 Å². The van der Waals surface area contributed by atoms with Gasteiger partial charge in [-0.25, -0.2) is 0 Å². The molecule has 0 aromatic heterocycles. The van der Waals surface area contributed by atoms with Crippen LogP contribution >= 0.6 is 0 Å². The van der Waals surface area contributed by atoms with E-state index in [2.05, 4.69) is 26.8 Å². The van der Waals surface area contributed by atoms with Gasteiger partial charge in [-0.05, 0) is 38.5 Å². The highest BCUT2D eigenvalue weighted by Crippen LogP contribution is 2.54. The fraction of sp³-hybridized carbons (Fsp3) is 0.824. The van der Waals surface area contributed by atoms with Crippen molar-refractivity contribution < 1.29 is 14.6 Å². The van der Waals surface area contributed by atoms with Crippen LogP contribution in [0.5, 0.6) is 0 Å². The van der Waals surface area contributed by atoms with Gasteiger partial charge in [-0.1, -0.05) is 32.4 Å². The molecule has 0 aliphatic heterocycles. The van der Waals surface area contributed by atoms with E-state index in [1.165, 1.54) is 12.5 Å². The van der Waals surface area contributed by atoms with E-state index in [1.807, 2.05) is 6.92 Å². The van der Waals surface area contributed by atoms with Crippen LogP contribution < -0.4 is 0 Å². The number of hydrogen-bond acceptors (Lipinski definition) is 3. The molecule has 0 spiro atoms. The van der Waals surface area contributed by atoms with Gasteiger partial charge in [0, 0.05) is 18.3 Å². The molecule has 0 amide bonds. The predicted molar refractivity (Wildman–Crippen MR) is 79.2 cm³/mol. The van der Waals surface area contributed by atoms with Crippen LogP contribution in [0.1, 0.15) is 60.3 Å². The molecular weight excluding hydrogens is 252 g/mol. The van der Waals surface area contributed by atoms with E-state index < -0.39 is 5.60 Å². The van der Waals surface area contributed by atoms with Crippen molar-refractivity contribution in [2.75, 3.05) is 0 Å². The molecule has 1 fully saturated rings. The lowest BCUT2D eigenvalue weighted by molar-refractivity contribution is -0.178. The maximum absolute atomic E-state index is 11.4. The first-order chi connectivity index (χ1) is 9.17. The summed E-state index contributed by atoms with van der Waals surface area (Å²) in [6, 6.07) is 0. The van der Waals surface area contributed by atoms with Gasteiger partial charge in [0.15, 0.2) is 0 Å². The van der Waals surface area contributed by atoms with Gasteiger partial charge in [0.1, 0.15) is 6.10 Å². The molecule has 2 aliphatic rings. The Kier molecular flexibility index (Phi) is 4.03. The Hall–Kier alpha value is -0.830. The molecule has 0 radical (unpaired) electrons. The minimum Gasteiger partial charge on any atom is -0.462 e. The van der Waals surface area contributed by atoms with Crippen LogP contribution in [0, 0.1) is 17.3 Å². The molecular formula is C17H28O3. The molecule has 0 heterocycles. The summed E-state index contributed by atoms with van der Waals surface area (Å²) >= 11 is 0. The predicted octanol–water partition coefficient (Wildman–Crippen LogP) is 3.46. The largest absolute Gasteiger partial charge is 0.462 e. The Morgan fingerprint density at radius 1 is 1.40 bits per heavy atom. The molecule has 0 unspecified atom stereocenters. The lowest BCUT2D eigenvalue weighted by Crippen LogP contribution is -2.56. The normalized spacial score (nSPS) is 41.0. The summed E-state index contributed by atoms with van der Waals surface area (Å²) in [7, 11) is 0. The van der Waals surface area contributed by atoms with Crippen molar-refractivity contribution in [3.63, 3.8) is 0 Å². The van der Waals surface area contributed by atoms with Crippen LogP contribution in [0.15, 0.2) is 11.6 Å². The zero-order chi connectivity index (χ0) is 15.1. The van der Waals surface area contributed by atoms with E-state index in [9.17, 15) is 9.90 Å². The lowest BCUT2D eigenvalue weighted by atomic mass is 9.54. The number of carbonyl (C=O) groups is 1. The van der Waals surface area contributed by atoms with Gasteiger partial charge in [0.25, 0.3) is 0 Å². The van der Waals surface area contributed by atoms with E-state index >= 15 is 0 Å². The summed E-state index contributed by atoms with van der Waals surface area (Å²) in [5, 5.41) is 10.8. The summed E-state index contributed by atoms with van der Waals surface area (Å²) < 4.78 is 5.57. The molecule has 1 saturated carbocycles. The molecule has 0 aromatic carbocycles. The third-order valence-corrected chi connectivity index (χ3v) is 5.41. The molecule has 4 atom stereocenters. The van der Waals surface area contributed by atoms with E-state index in [0.717, 1.165) is 19.3 Å². The first kappa shape index (κ1) is 15.6. The molecule has 3 nitrogen and oxygen atoms in total. The third-order valence-electron chi connectivity index (χ3n) is 5.41. The average Bonchev–Trinajstić information content (AvgIpc) is 2.32. The minimum atomic E-state index is -0.702. The Balaban J connectivity index is 2.36. The number of ether oxygens (including phenoxy) is 1. The number of allylic oxidation sites excluding steroid dienone is 1. The second-order valence-corrected chi connectivity index (χ2v) is 7.37. The van der Waals surface area contributed by atoms with E-state index in [0.29, 0.717) is 12.3 Å². The number of fused-ring (bicyclic) bond motifs is 1. The maximum atomic E-state index is 11.4. The number of hydrogen-bond donors (Lipinski definition) is 1. The van der Waals surface area contributed by atoms with Crippen LogP contribution in [-0.2, 0) is 9.53 Å². The molecule has 114 valence electrons. The van der Waals surface area contributed by atoms with E-state index in [-0.39, 0.29) is 23.4 Å². The summed E-state index contributed by atoms with van der Waals surface area (Å²) in [5.74, 6) is 0.374. The van der Waals surface area contributed by atoms with Crippen molar-refractivity contribution in [1.29, 1.82) is 0 Å². The number of rotatable bonds is 2. The van der Waals surface area contributed by atoms with Gasteiger partial charge < -0.3 is 9.84 Å². The molecule has 0 saturated heterocycles. The topological polar surface area (TPSA) is 46.5 Å². The highest BCUT2D eigenvalue weighted by Gasteiger charge is 2.54. The standard InChI is InChI=1S/C17H28O3/c1-11(2)13-6-8-16(4)14(10-13)17(5,19)9-7-15(16)20-12(3)18/h10-11,14-15,19H,6-9H2,1-5H3/t14-,15-,16-,17+/m1/s1. The maximum Gasteiger partial charge on any atom is 0.302 e. The first-order valence-corrected chi connectivity index (χ1v) is 7.77. The highest BCUT2D eigenvalue weighted by atomic mass is 16.5. The van der Waals surface area contributed by atoms with Crippen LogP contribution in [-0.4, -0.2) is 22.8 Å². The fourth-order valence-electron chi connectivity index (χ4n) is 4.09. The number of aliphatic hydroxyl groups is 1. The zero-order valence-corrected chi connectivity index (χ0v) is 13.4. The van der Waals surface area contributed by atoms with E-state index in [4.69, 9.17) is 4.74 Å². The van der Waals surface area contributed by atoms with Crippen molar-refractivity contribution in [2.24, 2.45) is 17.3 Å². The molecule has 1 N–H and O–H groups in total. The van der Waals surface area contributed by atoms with E-state index in [1.54, 1.807) is 0 Å². The molecule has 2 aliphatic carbocycles. The Morgan fingerprint density at radius 2 is 2.05 bits per heavy atom. The minimum absolute atomic E-state index is 0.0687. The Morgan fingerprint density at radius 3 is 2.60 bits per heavy atom. The molecule has 0 aromatic rings. The quantitative estimate of drug-likeness (QED) is 0.622. The van der Waals surface area contributed by atoms with Gasteiger partial charge in [-0.3, -0.25) is 4.79 Å². The summed E-state index contributed by atoms with van der Waals surface area (Å²) in [6.07, 6.45) is 5.66. The van der Waals surface area contributed by atoms with Crippen molar-refractivity contribution >= 4 is 5.97 Å². The number of esters is 1. The first-order valence-electron chi connectivity index (χ1n) is 7.77. The second-order valence-electron chi connectivity index (χ2n) is 7.37. The summed E-state index contributed by atoms with van der Waals surface area (Å²) in [6.45, 7) is 9.99. The smallest absolute Gasteiger partial charge is 0.302 e. The van der Waals surface area contributed by atoms with Crippen LogP contribution in [0.2, 0.25) is 0 Å². The van der Waals surface area contributed by atoms with Gasteiger partial charge in [0.2, 0.25) is 0 Å². The lowest BCUT2D eigenvalue weighted by Gasteiger charge is -2.54. The van der Waals surface area contributed by atoms with Crippen molar-refractivity contribution in [1.82, 2.24) is 0 Å². The van der Waals surface area contributed by atoms with Crippen molar-refractivity contribution in [2.45, 2.75) is 72.0 Å². The second kappa shape index (κ2) is 5.18. The number of carbonyl (C=O) groups excluding carboxylic acids is 1. The molecule has 3 heteroatoms. The summed E-state index contributed by atoms with van der Waals surface area (Å²) in [5.41, 5.74) is 0.578. The van der Waals surface area contributed by atoms with Gasteiger partial charge >= 0.3 is 5.97 Å². The molecule has 2 rings (SSSR count). The summed E-state index contributed by atoms with van der Waals surface area (Å²) in [4.78, 5) is 11.4. The Labute approximate surface area is 122 Å². The van der Waals surface area contributed by atoms with Crippen LogP contribution in [0.4, 0.5) is 0 Å². The van der Waals surface area contributed by atoms with Crippen molar-refractivity contribution in [3.05, 3.63) is 11.6 Å². The zero-order valence-electron chi connectivity index (χ0n) is 13.4. The van der Waals surface area contributed by atoms with Gasteiger partial charge in [-0.2, -0.15) is 0 Å². The van der Waals surface area contributed by atoms with Crippen LogP contribution in [0.3, 0.4) is 0 Å². The monoisotopic (exact) mass is 280 g/mol. The Bertz CT molecular complexity index is 422. The SMILES string of the molecule is CC(=O)O[C@@H]1CC[C@](C)(O)[C@@H]2C=C(C(C)C)CC[C@]21C. The fourth-order valence-corrected chi connectivity index (χ4v) is 4.09. The van der Waals surface area contributed by atoms with Gasteiger partial charge in [0.05, 0.1) is 5.60 Å². The van der Waals surface area contributed by atoms with Crippen molar-refractivity contribution in [3.8, 4) is 0 Å². The molecule has 0 bridgehead atoms.